The van der Waals surface area contributed by atoms with E-state index in [1.54, 1.807) is 0 Å². The quantitative estimate of drug-likeness (QED) is 0.593. The third-order valence-corrected chi connectivity index (χ3v) is 1.05. The van der Waals surface area contributed by atoms with Crippen LogP contribution in [0.4, 0.5) is 0 Å². The minimum Gasteiger partial charge on any atom is -0.479 e. The van der Waals surface area contributed by atoms with Crippen LogP contribution < -0.4 is 0 Å². The second-order valence-corrected chi connectivity index (χ2v) is 1.75. The number of nitrogens with one attached hydrogen (secondary N) is 1. The van der Waals surface area contributed by atoms with E-state index >= 15 is 0 Å². The van der Waals surface area contributed by atoms with Crippen molar-refractivity contribution in [2.45, 2.75) is 6.10 Å². The molecule has 0 aliphatic heterocycles. The van der Waals surface area contributed by atoms with E-state index in [-0.39, 0.29) is 18.1 Å². The fraction of sp³-hybridized carbons (Fsp3) is 0.200. The zero-order chi connectivity index (χ0) is 7.56. The molecular weight excluding hydrogens is 172 g/mol. The summed E-state index contributed by atoms with van der Waals surface area (Å²) in [7, 11) is 0. The van der Waals surface area contributed by atoms with Gasteiger partial charge in [-0.15, -0.1) is 12.4 Å². The summed E-state index contributed by atoms with van der Waals surface area (Å²) in [5.41, 5.74) is 0.188. The van der Waals surface area contributed by atoms with Gasteiger partial charge in [0.2, 0.25) is 0 Å². The third-order valence-electron chi connectivity index (χ3n) is 1.05. The lowest BCUT2D eigenvalue weighted by molar-refractivity contribution is -0.147. The molecule has 0 aliphatic rings. The first-order chi connectivity index (χ1) is 4.72. The van der Waals surface area contributed by atoms with Crippen LogP contribution in [0.2, 0.25) is 0 Å². The van der Waals surface area contributed by atoms with Crippen molar-refractivity contribution < 1.29 is 15.0 Å². The largest absolute Gasteiger partial charge is 0.479 e. The van der Waals surface area contributed by atoms with Crippen LogP contribution >= 0.6 is 12.4 Å². The van der Waals surface area contributed by atoms with E-state index in [4.69, 9.17) is 10.2 Å². The number of carbonyl (C=O) groups is 1. The van der Waals surface area contributed by atoms with E-state index in [0.717, 1.165) is 0 Å². The van der Waals surface area contributed by atoms with Gasteiger partial charge >= 0.3 is 5.97 Å². The number of hydrogen-bond acceptors (Lipinski definition) is 3. The van der Waals surface area contributed by atoms with Gasteiger partial charge in [0.1, 0.15) is 0 Å². The fourth-order valence-electron chi connectivity index (χ4n) is 0.549. The highest BCUT2D eigenvalue weighted by atomic mass is 35.5. The van der Waals surface area contributed by atoms with Crippen molar-refractivity contribution in [2.75, 3.05) is 0 Å². The minimum absolute atomic E-state index is 0. The Morgan fingerprint density at radius 3 is 2.73 bits per heavy atom. The molecule has 0 aliphatic carbocycles. The molecule has 0 amide bonds. The van der Waals surface area contributed by atoms with Crippen molar-refractivity contribution in [2.24, 2.45) is 0 Å². The number of halogens is 1. The van der Waals surface area contributed by atoms with Crippen molar-refractivity contribution in [3.05, 3.63) is 18.2 Å². The molecule has 62 valence electrons. The molecule has 1 aromatic heterocycles. The molecule has 1 aromatic rings. The summed E-state index contributed by atoms with van der Waals surface area (Å²) in [6.07, 6.45) is 1.07. The number of hydrogen-bond donors (Lipinski definition) is 3. The second-order valence-electron chi connectivity index (χ2n) is 1.75. The van der Waals surface area contributed by atoms with Gasteiger partial charge in [0.15, 0.2) is 6.10 Å². The summed E-state index contributed by atoms with van der Waals surface area (Å²) in [5.74, 6) is -1.29. The Bertz CT molecular complexity index is 224. The van der Waals surface area contributed by atoms with E-state index < -0.39 is 12.1 Å². The predicted molar refractivity (Wildman–Crippen MR) is 38.4 cm³/mol. The van der Waals surface area contributed by atoms with Crippen molar-refractivity contribution in [3.8, 4) is 0 Å². The van der Waals surface area contributed by atoms with E-state index in [2.05, 4.69) is 9.97 Å². The van der Waals surface area contributed by atoms with Gasteiger partial charge in [0.05, 0.1) is 18.2 Å². The summed E-state index contributed by atoms with van der Waals surface area (Å²) in [4.78, 5) is 16.1. The molecule has 3 N–H and O–H groups in total. The Morgan fingerprint density at radius 2 is 2.36 bits per heavy atom. The van der Waals surface area contributed by atoms with Crippen LogP contribution in [0, 0.1) is 0 Å². The number of aliphatic hydroxyl groups is 1. The highest BCUT2D eigenvalue weighted by Gasteiger charge is 2.16. The molecule has 1 rings (SSSR count). The Hall–Kier alpha value is -1.07. The topological polar surface area (TPSA) is 86.2 Å². The Balaban J connectivity index is 0.000001000. The first-order valence-corrected chi connectivity index (χ1v) is 2.61. The molecular formula is C5H7ClN2O3. The summed E-state index contributed by atoms with van der Waals surface area (Å²) in [5, 5.41) is 17.1. The van der Waals surface area contributed by atoms with Gasteiger partial charge in [-0.3, -0.25) is 0 Å². The number of aromatic amines is 1. The molecule has 6 heteroatoms. The predicted octanol–water partition coefficient (Wildman–Crippen LogP) is -0.0505. The van der Waals surface area contributed by atoms with Crippen LogP contribution in [-0.4, -0.2) is 26.2 Å². The number of carboxylic acid groups (broad SMARTS) is 1. The first-order valence-electron chi connectivity index (χ1n) is 2.61. The zero-order valence-electron chi connectivity index (χ0n) is 5.39. The number of aliphatic carboxylic acids is 1. The highest BCUT2D eigenvalue weighted by molar-refractivity contribution is 5.85. The second kappa shape index (κ2) is 3.95. The average Bonchev–Trinajstić information content (AvgIpc) is 2.36. The number of rotatable bonds is 2. The number of imidazole rings is 1. The van der Waals surface area contributed by atoms with E-state index in [0.29, 0.717) is 0 Å². The molecule has 1 unspecified atom stereocenters. The monoisotopic (exact) mass is 178 g/mol. The maximum absolute atomic E-state index is 10.1. The van der Waals surface area contributed by atoms with Crippen molar-refractivity contribution in [3.63, 3.8) is 0 Å². The van der Waals surface area contributed by atoms with E-state index in [1.807, 2.05) is 0 Å². The van der Waals surface area contributed by atoms with Crippen LogP contribution in [-0.2, 0) is 4.79 Å². The molecule has 11 heavy (non-hydrogen) atoms. The fourth-order valence-corrected chi connectivity index (χ4v) is 0.549. The van der Waals surface area contributed by atoms with Gasteiger partial charge in [-0.1, -0.05) is 0 Å². The molecule has 0 spiro atoms. The summed E-state index contributed by atoms with van der Waals surface area (Å²) in [6, 6.07) is 0. The Labute approximate surface area is 68.5 Å². The maximum Gasteiger partial charge on any atom is 0.338 e. The molecule has 1 heterocycles. The Kier molecular flexibility index (Phi) is 3.56. The molecule has 0 saturated heterocycles. The van der Waals surface area contributed by atoms with E-state index in [9.17, 15) is 4.79 Å². The molecule has 0 saturated carbocycles. The molecule has 0 radical (unpaired) electrons. The van der Waals surface area contributed by atoms with Crippen LogP contribution in [0.3, 0.4) is 0 Å². The van der Waals surface area contributed by atoms with E-state index in [1.165, 1.54) is 12.5 Å². The van der Waals surface area contributed by atoms with Gasteiger partial charge in [0, 0.05) is 0 Å². The number of nitrogens with zero attached hydrogens (tertiary/aromatic N) is 1. The van der Waals surface area contributed by atoms with Gasteiger partial charge in [-0.25, -0.2) is 9.78 Å². The molecule has 0 aromatic carbocycles. The lowest BCUT2D eigenvalue weighted by Gasteiger charge is -1.98. The zero-order valence-corrected chi connectivity index (χ0v) is 6.21. The number of carboxylic acids is 1. The van der Waals surface area contributed by atoms with Gasteiger partial charge in [-0.05, 0) is 0 Å². The molecule has 0 fully saturated rings. The van der Waals surface area contributed by atoms with Crippen molar-refractivity contribution >= 4 is 18.4 Å². The van der Waals surface area contributed by atoms with Gasteiger partial charge < -0.3 is 15.2 Å². The summed E-state index contributed by atoms with van der Waals surface area (Å²) >= 11 is 0. The third kappa shape index (κ3) is 2.21. The number of aromatic nitrogens is 2. The van der Waals surface area contributed by atoms with Crippen LogP contribution in [0.5, 0.6) is 0 Å². The van der Waals surface area contributed by atoms with Crippen molar-refractivity contribution in [1.82, 2.24) is 9.97 Å². The number of H-pyrrole nitrogens is 1. The number of aliphatic hydroxyl groups excluding tert-OH is 1. The molecule has 5 nitrogen and oxygen atoms in total. The normalized spacial score (nSPS) is 11.7. The standard InChI is InChI=1S/C5H6N2O3.ClH/c8-4(5(9)10)3-1-6-2-7-3;/h1-2,4,8H,(H,6,7)(H,9,10);1H. The maximum atomic E-state index is 10.1. The molecule has 0 bridgehead atoms. The lowest BCUT2D eigenvalue weighted by atomic mass is 10.3. The first kappa shape index (κ1) is 9.93. The highest BCUT2D eigenvalue weighted by Crippen LogP contribution is 2.06. The Morgan fingerprint density at radius 1 is 1.73 bits per heavy atom. The van der Waals surface area contributed by atoms with Crippen LogP contribution in [0.1, 0.15) is 11.8 Å². The van der Waals surface area contributed by atoms with Gasteiger partial charge in [0.25, 0.3) is 0 Å². The SMILES string of the molecule is Cl.O=C(O)C(O)c1cnc[nH]1. The van der Waals surface area contributed by atoms with Gasteiger partial charge in [-0.2, -0.15) is 0 Å². The molecule has 1 atom stereocenters. The minimum atomic E-state index is -1.50. The summed E-state index contributed by atoms with van der Waals surface area (Å²) in [6.45, 7) is 0. The smallest absolute Gasteiger partial charge is 0.338 e. The van der Waals surface area contributed by atoms with Crippen LogP contribution in [0.15, 0.2) is 12.5 Å². The van der Waals surface area contributed by atoms with Crippen molar-refractivity contribution in [1.29, 1.82) is 0 Å². The lowest BCUT2D eigenvalue weighted by Crippen LogP contribution is -2.10. The average molecular weight is 179 g/mol. The van der Waals surface area contributed by atoms with Crippen LogP contribution in [0.25, 0.3) is 0 Å². The summed E-state index contributed by atoms with van der Waals surface area (Å²) < 4.78 is 0.